The summed E-state index contributed by atoms with van der Waals surface area (Å²) in [5, 5.41) is 19.2. The fraction of sp³-hybridized carbons (Fsp3) is 0.0455. The zero-order valence-corrected chi connectivity index (χ0v) is 17.2. The molecular weight excluding hydrogens is 416 g/mol. The predicted molar refractivity (Wildman–Crippen MR) is 122 cm³/mol. The predicted octanol–water partition coefficient (Wildman–Crippen LogP) is 4.28. The number of amides is 2. The van der Waals surface area contributed by atoms with Gasteiger partial charge in [0, 0.05) is 34.1 Å². The van der Waals surface area contributed by atoms with Crippen molar-refractivity contribution in [3.8, 4) is 0 Å². The van der Waals surface area contributed by atoms with Crippen molar-refractivity contribution in [2.24, 2.45) is 0 Å². The Morgan fingerprint density at radius 1 is 0.839 bits per heavy atom. The summed E-state index contributed by atoms with van der Waals surface area (Å²) in [6.45, 7) is 1.56. The van der Waals surface area contributed by atoms with Crippen LogP contribution in [0.1, 0.15) is 26.3 Å². The van der Waals surface area contributed by atoms with Crippen molar-refractivity contribution in [3.63, 3.8) is 0 Å². The molecule has 0 aliphatic carbocycles. The monoisotopic (exact) mass is 434 g/mol. The van der Waals surface area contributed by atoms with Gasteiger partial charge >= 0.3 is 0 Å². The summed E-state index contributed by atoms with van der Waals surface area (Å²) in [6, 6.07) is 19.7. The minimum absolute atomic E-state index is 0.0486. The first-order chi connectivity index (χ1) is 14.8. The quantitative estimate of drug-likeness (QED) is 0.314. The van der Waals surface area contributed by atoms with E-state index < -0.39 is 10.8 Å². The van der Waals surface area contributed by atoms with Crippen LogP contribution in [0.25, 0.3) is 0 Å². The number of nitrogens with one attached hydrogen (secondary N) is 3. The Labute approximate surface area is 183 Å². The number of hydrogen-bond acceptors (Lipinski definition) is 5. The molecule has 0 aliphatic rings. The van der Waals surface area contributed by atoms with E-state index in [0.29, 0.717) is 22.5 Å². The average Bonchev–Trinajstić information content (AvgIpc) is 2.74. The van der Waals surface area contributed by atoms with Crippen LogP contribution in [0.15, 0.2) is 72.8 Å². The molecule has 2 amide bonds. The molecule has 0 atom stereocenters. The number of nitro benzene ring substituents is 1. The molecule has 0 radical (unpaired) electrons. The van der Waals surface area contributed by atoms with Gasteiger partial charge in [0.1, 0.15) is 0 Å². The van der Waals surface area contributed by atoms with E-state index in [-0.39, 0.29) is 22.3 Å². The van der Waals surface area contributed by atoms with E-state index in [2.05, 4.69) is 16.0 Å². The van der Waals surface area contributed by atoms with Crippen LogP contribution in [0.3, 0.4) is 0 Å². The summed E-state index contributed by atoms with van der Waals surface area (Å²) in [5.74, 6) is -0.744. The zero-order valence-electron chi connectivity index (χ0n) is 16.4. The number of rotatable bonds is 5. The van der Waals surface area contributed by atoms with Crippen molar-refractivity contribution in [1.29, 1.82) is 0 Å². The van der Waals surface area contributed by atoms with E-state index in [1.54, 1.807) is 55.5 Å². The number of carbonyl (C=O) groups is 2. The third kappa shape index (κ3) is 5.71. The second kappa shape index (κ2) is 9.59. The first-order valence-corrected chi connectivity index (χ1v) is 9.58. The second-order valence-electron chi connectivity index (χ2n) is 6.57. The Morgan fingerprint density at radius 3 is 2.16 bits per heavy atom. The fourth-order valence-electron chi connectivity index (χ4n) is 2.81. The molecule has 3 rings (SSSR count). The fourth-order valence-corrected chi connectivity index (χ4v) is 3.02. The Bertz CT molecular complexity index is 1170. The molecule has 156 valence electrons. The number of anilines is 2. The minimum Gasteiger partial charge on any atom is -0.332 e. The number of nitro groups is 1. The Kier molecular flexibility index (Phi) is 6.68. The Morgan fingerprint density at radius 2 is 1.52 bits per heavy atom. The largest absolute Gasteiger partial charge is 0.332 e. The van der Waals surface area contributed by atoms with Crippen molar-refractivity contribution in [3.05, 3.63) is 99.6 Å². The molecule has 0 aliphatic heterocycles. The highest BCUT2D eigenvalue weighted by Crippen LogP contribution is 2.19. The van der Waals surface area contributed by atoms with E-state index in [4.69, 9.17) is 12.2 Å². The first-order valence-electron chi connectivity index (χ1n) is 9.17. The van der Waals surface area contributed by atoms with Gasteiger partial charge in [0.05, 0.1) is 4.92 Å². The van der Waals surface area contributed by atoms with Crippen molar-refractivity contribution in [2.45, 2.75) is 6.92 Å². The van der Waals surface area contributed by atoms with E-state index in [1.165, 1.54) is 18.2 Å². The molecular formula is C22H18N4O4S. The van der Waals surface area contributed by atoms with Gasteiger partial charge in [-0.25, -0.2) is 0 Å². The second-order valence-corrected chi connectivity index (χ2v) is 6.98. The summed E-state index contributed by atoms with van der Waals surface area (Å²) in [7, 11) is 0. The number of aryl methyl sites for hydroxylation is 1. The van der Waals surface area contributed by atoms with Crippen molar-refractivity contribution < 1.29 is 14.5 Å². The van der Waals surface area contributed by atoms with Gasteiger partial charge in [-0.3, -0.25) is 25.0 Å². The summed E-state index contributed by atoms with van der Waals surface area (Å²) in [6.07, 6.45) is 0. The number of carbonyl (C=O) groups excluding carboxylic acids is 2. The van der Waals surface area contributed by atoms with Crippen molar-refractivity contribution in [2.75, 3.05) is 10.6 Å². The van der Waals surface area contributed by atoms with Gasteiger partial charge in [-0.05, 0) is 61.6 Å². The summed E-state index contributed by atoms with van der Waals surface area (Å²) in [5.41, 5.74) is 2.21. The van der Waals surface area contributed by atoms with Gasteiger partial charge in [0.25, 0.3) is 17.5 Å². The molecule has 9 heteroatoms. The maximum atomic E-state index is 12.4. The van der Waals surface area contributed by atoms with Crippen molar-refractivity contribution in [1.82, 2.24) is 5.32 Å². The molecule has 0 spiro atoms. The lowest BCUT2D eigenvalue weighted by Crippen LogP contribution is -2.34. The average molecular weight is 434 g/mol. The lowest BCUT2D eigenvalue weighted by atomic mass is 10.1. The topological polar surface area (TPSA) is 113 Å². The van der Waals surface area contributed by atoms with Gasteiger partial charge in [0.2, 0.25) is 0 Å². The Hall–Kier alpha value is -4.11. The van der Waals surface area contributed by atoms with E-state index in [0.717, 1.165) is 0 Å². The molecule has 8 nitrogen and oxygen atoms in total. The standard InChI is InChI=1S/C22H18N4O4S/c1-14-12-16(10-11-19(14)26(29)30)21(28)25-22(31)24-18-9-5-8-17(13-18)23-20(27)15-6-3-2-4-7-15/h2-13H,1H3,(H,23,27)(H2,24,25,28,31). The smallest absolute Gasteiger partial charge is 0.272 e. The summed E-state index contributed by atoms with van der Waals surface area (Å²) in [4.78, 5) is 35.1. The lowest BCUT2D eigenvalue weighted by Gasteiger charge is -2.12. The molecule has 0 unspecified atom stereocenters. The van der Waals surface area contributed by atoms with Crippen LogP contribution in [-0.4, -0.2) is 21.9 Å². The zero-order chi connectivity index (χ0) is 22.4. The van der Waals surface area contributed by atoms with E-state index in [9.17, 15) is 19.7 Å². The van der Waals surface area contributed by atoms with Gasteiger partial charge in [0.15, 0.2) is 5.11 Å². The van der Waals surface area contributed by atoms with Gasteiger partial charge in [-0.2, -0.15) is 0 Å². The first kappa shape index (κ1) is 21.6. The minimum atomic E-state index is -0.507. The molecule has 0 bridgehead atoms. The molecule has 31 heavy (non-hydrogen) atoms. The maximum Gasteiger partial charge on any atom is 0.272 e. The van der Waals surface area contributed by atoms with Crippen LogP contribution >= 0.6 is 12.2 Å². The highest BCUT2D eigenvalue weighted by Gasteiger charge is 2.15. The van der Waals surface area contributed by atoms with Crippen molar-refractivity contribution >= 4 is 46.2 Å². The normalized spacial score (nSPS) is 10.1. The maximum absolute atomic E-state index is 12.4. The van der Waals surface area contributed by atoms with E-state index in [1.807, 2.05) is 6.07 Å². The molecule has 3 N–H and O–H groups in total. The molecule has 0 aromatic heterocycles. The number of nitrogens with zero attached hydrogens (tertiary/aromatic N) is 1. The van der Waals surface area contributed by atoms with Gasteiger partial charge in [-0.1, -0.05) is 24.3 Å². The number of thiocarbonyl (C=S) groups is 1. The highest BCUT2D eigenvalue weighted by atomic mass is 32.1. The van der Waals surface area contributed by atoms with Crippen LogP contribution in [-0.2, 0) is 0 Å². The van der Waals surface area contributed by atoms with Crippen LogP contribution in [0, 0.1) is 17.0 Å². The third-order valence-electron chi connectivity index (χ3n) is 4.30. The highest BCUT2D eigenvalue weighted by molar-refractivity contribution is 7.80. The van der Waals surface area contributed by atoms with Crippen LogP contribution in [0.2, 0.25) is 0 Å². The molecule has 0 fully saturated rings. The Balaban J connectivity index is 1.62. The van der Waals surface area contributed by atoms with Crippen LogP contribution < -0.4 is 16.0 Å². The van der Waals surface area contributed by atoms with Crippen LogP contribution in [0.4, 0.5) is 17.1 Å². The SMILES string of the molecule is Cc1cc(C(=O)NC(=S)Nc2cccc(NC(=O)c3ccccc3)c2)ccc1[N+](=O)[O-]. The molecule has 0 saturated heterocycles. The van der Waals surface area contributed by atoms with Crippen LogP contribution in [0.5, 0.6) is 0 Å². The third-order valence-corrected chi connectivity index (χ3v) is 4.50. The lowest BCUT2D eigenvalue weighted by molar-refractivity contribution is -0.385. The molecule has 0 heterocycles. The summed E-state index contributed by atoms with van der Waals surface area (Å²) < 4.78 is 0. The van der Waals surface area contributed by atoms with Gasteiger partial charge < -0.3 is 10.6 Å². The molecule has 3 aromatic rings. The van der Waals surface area contributed by atoms with Gasteiger partial charge in [-0.15, -0.1) is 0 Å². The number of hydrogen-bond donors (Lipinski definition) is 3. The molecule has 0 saturated carbocycles. The number of benzene rings is 3. The molecule has 3 aromatic carbocycles. The van der Waals surface area contributed by atoms with E-state index >= 15 is 0 Å². The summed E-state index contributed by atoms with van der Waals surface area (Å²) >= 11 is 5.18.